The van der Waals surface area contributed by atoms with Crippen molar-refractivity contribution in [2.75, 3.05) is 5.75 Å². The Kier molecular flexibility index (Phi) is 4.84. The van der Waals surface area contributed by atoms with Crippen LogP contribution in [0.25, 0.3) is 0 Å². The van der Waals surface area contributed by atoms with E-state index in [1.54, 1.807) is 0 Å². The Morgan fingerprint density at radius 1 is 0.955 bits per heavy atom. The molecule has 1 saturated carbocycles. The quantitative estimate of drug-likeness (QED) is 0.845. The van der Waals surface area contributed by atoms with Gasteiger partial charge in [0.05, 0.1) is 10.8 Å². The van der Waals surface area contributed by atoms with Crippen LogP contribution in [0.3, 0.4) is 0 Å². The van der Waals surface area contributed by atoms with Crippen LogP contribution in [0, 0.1) is 11.8 Å². The van der Waals surface area contributed by atoms with Crippen molar-refractivity contribution in [1.29, 1.82) is 0 Å². The van der Waals surface area contributed by atoms with Crippen LogP contribution in [-0.4, -0.2) is 15.7 Å². The Morgan fingerprint density at radius 2 is 1.59 bits per heavy atom. The van der Waals surface area contributed by atoms with Crippen molar-refractivity contribution in [2.45, 2.75) is 24.2 Å². The fourth-order valence-corrected chi connectivity index (χ4v) is 4.63. The average Bonchev–Trinajstić information content (AvgIpc) is 2.90. The van der Waals surface area contributed by atoms with Gasteiger partial charge < -0.3 is 0 Å². The molecule has 0 bridgehead atoms. The molecule has 0 radical (unpaired) electrons. The molecule has 114 valence electrons. The molecule has 3 unspecified atom stereocenters. The van der Waals surface area contributed by atoms with Crippen LogP contribution in [0.2, 0.25) is 0 Å². The second kappa shape index (κ2) is 7.01. The SMILES string of the molecule is O=C1CCC(CS(=O)c2ccccc2)C1Cc1ccccc1. The van der Waals surface area contributed by atoms with Crippen LogP contribution in [0.1, 0.15) is 18.4 Å². The summed E-state index contributed by atoms with van der Waals surface area (Å²) in [6.45, 7) is 0. The van der Waals surface area contributed by atoms with Gasteiger partial charge in [0.15, 0.2) is 0 Å². The number of hydrogen-bond acceptors (Lipinski definition) is 2. The van der Waals surface area contributed by atoms with Crippen molar-refractivity contribution >= 4 is 16.6 Å². The zero-order chi connectivity index (χ0) is 15.4. The summed E-state index contributed by atoms with van der Waals surface area (Å²) in [5, 5.41) is 0. The Labute approximate surface area is 134 Å². The van der Waals surface area contributed by atoms with Gasteiger partial charge in [-0.25, -0.2) is 0 Å². The van der Waals surface area contributed by atoms with Gasteiger partial charge in [-0.05, 0) is 36.5 Å². The molecule has 22 heavy (non-hydrogen) atoms. The first-order valence-electron chi connectivity index (χ1n) is 7.74. The average molecular weight is 312 g/mol. The molecule has 3 rings (SSSR count). The molecule has 1 aliphatic carbocycles. The molecule has 3 atom stereocenters. The number of rotatable bonds is 5. The lowest BCUT2D eigenvalue weighted by atomic mass is 9.90. The lowest BCUT2D eigenvalue weighted by Crippen LogP contribution is -2.22. The molecule has 0 heterocycles. The number of carbonyl (C=O) groups is 1. The summed E-state index contributed by atoms with van der Waals surface area (Å²) in [7, 11) is -1.02. The topological polar surface area (TPSA) is 34.1 Å². The fraction of sp³-hybridized carbons (Fsp3) is 0.316. The third kappa shape index (κ3) is 3.53. The van der Waals surface area contributed by atoms with Gasteiger partial charge in [0.25, 0.3) is 0 Å². The van der Waals surface area contributed by atoms with Crippen LogP contribution >= 0.6 is 0 Å². The van der Waals surface area contributed by atoms with Gasteiger partial charge in [0.2, 0.25) is 0 Å². The van der Waals surface area contributed by atoms with Crippen molar-refractivity contribution < 1.29 is 9.00 Å². The van der Waals surface area contributed by atoms with Crippen LogP contribution in [0.15, 0.2) is 65.6 Å². The molecule has 2 aromatic carbocycles. The largest absolute Gasteiger partial charge is 0.299 e. The maximum Gasteiger partial charge on any atom is 0.136 e. The standard InChI is InChI=1S/C19H20O2S/c20-19-12-11-16(14-22(21)17-9-5-2-6-10-17)18(19)13-15-7-3-1-4-8-15/h1-10,16,18H,11-14H2. The first-order valence-corrected chi connectivity index (χ1v) is 9.06. The molecule has 0 N–H and O–H groups in total. The Balaban J connectivity index is 1.70. The number of ketones is 1. The lowest BCUT2D eigenvalue weighted by Gasteiger charge is -2.18. The monoisotopic (exact) mass is 312 g/mol. The second-order valence-corrected chi connectivity index (χ2v) is 7.38. The van der Waals surface area contributed by atoms with Crippen molar-refractivity contribution in [1.82, 2.24) is 0 Å². The molecule has 2 aromatic rings. The van der Waals surface area contributed by atoms with Crippen molar-refractivity contribution in [3.05, 3.63) is 66.2 Å². The van der Waals surface area contributed by atoms with E-state index < -0.39 is 10.8 Å². The van der Waals surface area contributed by atoms with Crippen molar-refractivity contribution in [3.63, 3.8) is 0 Å². The molecule has 1 aliphatic rings. The van der Waals surface area contributed by atoms with E-state index in [0.29, 0.717) is 18.0 Å². The summed E-state index contributed by atoms with van der Waals surface area (Å²) < 4.78 is 12.5. The van der Waals surface area contributed by atoms with E-state index in [1.807, 2.05) is 48.5 Å². The predicted molar refractivity (Wildman–Crippen MR) is 89.1 cm³/mol. The molecule has 1 fully saturated rings. The van der Waals surface area contributed by atoms with E-state index in [2.05, 4.69) is 12.1 Å². The van der Waals surface area contributed by atoms with E-state index in [9.17, 15) is 9.00 Å². The summed E-state index contributed by atoms with van der Waals surface area (Å²) in [5.41, 5.74) is 1.19. The summed E-state index contributed by atoms with van der Waals surface area (Å²) >= 11 is 0. The Bertz CT molecular complexity index is 652. The molecule has 0 aromatic heterocycles. The first-order chi connectivity index (χ1) is 10.7. The highest BCUT2D eigenvalue weighted by Gasteiger charge is 2.35. The van der Waals surface area contributed by atoms with Crippen molar-refractivity contribution in [3.8, 4) is 0 Å². The van der Waals surface area contributed by atoms with E-state index in [4.69, 9.17) is 0 Å². The van der Waals surface area contributed by atoms with Crippen molar-refractivity contribution in [2.24, 2.45) is 11.8 Å². The van der Waals surface area contributed by atoms with Gasteiger partial charge >= 0.3 is 0 Å². The second-order valence-electron chi connectivity index (χ2n) is 5.89. The minimum atomic E-state index is -1.02. The molecule has 2 nitrogen and oxygen atoms in total. The van der Waals surface area contributed by atoms with Crippen LogP contribution in [0.4, 0.5) is 0 Å². The van der Waals surface area contributed by atoms with Crippen LogP contribution in [0.5, 0.6) is 0 Å². The summed E-state index contributed by atoms with van der Waals surface area (Å²) in [6.07, 6.45) is 2.28. The molecule has 0 aliphatic heterocycles. The smallest absolute Gasteiger partial charge is 0.136 e. The van der Waals surface area contributed by atoms with E-state index in [1.165, 1.54) is 5.56 Å². The summed E-state index contributed by atoms with van der Waals surface area (Å²) in [6, 6.07) is 19.7. The van der Waals surface area contributed by atoms with Gasteiger partial charge in [-0.15, -0.1) is 0 Å². The molecule has 0 amide bonds. The highest BCUT2D eigenvalue weighted by Crippen LogP contribution is 2.33. The minimum absolute atomic E-state index is 0.0232. The zero-order valence-corrected chi connectivity index (χ0v) is 13.3. The lowest BCUT2D eigenvalue weighted by molar-refractivity contribution is -0.121. The molecular formula is C19H20O2S. The molecule has 3 heteroatoms. The number of carbonyl (C=O) groups excluding carboxylic acids is 1. The van der Waals surface area contributed by atoms with E-state index in [0.717, 1.165) is 17.7 Å². The number of hydrogen-bond donors (Lipinski definition) is 0. The summed E-state index contributed by atoms with van der Waals surface area (Å²) in [4.78, 5) is 13.1. The van der Waals surface area contributed by atoms with E-state index >= 15 is 0 Å². The highest BCUT2D eigenvalue weighted by molar-refractivity contribution is 7.85. The predicted octanol–water partition coefficient (Wildman–Crippen LogP) is 3.63. The number of Topliss-reactive ketones (excluding diaryl/α,β-unsaturated/α-hetero) is 1. The first kappa shape index (κ1) is 15.2. The molecule has 0 spiro atoms. The van der Waals surface area contributed by atoms with Crippen LogP contribution < -0.4 is 0 Å². The number of benzene rings is 2. The third-order valence-electron chi connectivity index (χ3n) is 4.41. The molecular weight excluding hydrogens is 292 g/mol. The van der Waals surface area contributed by atoms with E-state index in [-0.39, 0.29) is 11.8 Å². The molecule has 0 saturated heterocycles. The Hall–Kier alpha value is -1.74. The maximum atomic E-state index is 12.5. The van der Waals surface area contributed by atoms with Gasteiger partial charge in [0, 0.05) is 23.0 Å². The van der Waals surface area contributed by atoms with Gasteiger partial charge in [0.1, 0.15) is 5.78 Å². The fourth-order valence-electron chi connectivity index (χ4n) is 3.19. The van der Waals surface area contributed by atoms with Crippen LogP contribution in [-0.2, 0) is 22.0 Å². The van der Waals surface area contributed by atoms with Gasteiger partial charge in [-0.2, -0.15) is 0 Å². The third-order valence-corrected chi connectivity index (χ3v) is 5.94. The minimum Gasteiger partial charge on any atom is -0.299 e. The highest BCUT2D eigenvalue weighted by atomic mass is 32.2. The zero-order valence-electron chi connectivity index (χ0n) is 12.5. The Morgan fingerprint density at radius 3 is 2.27 bits per heavy atom. The van der Waals surface area contributed by atoms with Gasteiger partial charge in [-0.1, -0.05) is 48.5 Å². The maximum absolute atomic E-state index is 12.5. The van der Waals surface area contributed by atoms with Gasteiger partial charge in [-0.3, -0.25) is 9.00 Å². The summed E-state index contributed by atoms with van der Waals surface area (Å²) in [5.74, 6) is 1.18. The normalized spacial score (nSPS) is 22.6.